The molecule has 0 spiro atoms. The lowest BCUT2D eigenvalue weighted by Crippen LogP contribution is -2.24. The summed E-state index contributed by atoms with van der Waals surface area (Å²) in [7, 11) is -3.02. The monoisotopic (exact) mass is 254 g/mol. The van der Waals surface area contributed by atoms with Crippen LogP contribution in [0.5, 0.6) is 0 Å². The molecule has 5 nitrogen and oxygen atoms in total. The second-order valence-electron chi connectivity index (χ2n) is 4.25. The highest BCUT2D eigenvalue weighted by molar-refractivity contribution is 7.91. The molecule has 1 N–H and O–H groups in total. The topological polar surface area (TPSA) is 76.1 Å². The van der Waals surface area contributed by atoms with E-state index in [1.807, 2.05) is 13.0 Å². The van der Waals surface area contributed by atoms with E-state index in [2.05, 4.69) is 10.3 Å². The zero-order valence-corrected chi connectivity index (χ0v) is 10.3. The molecule has 1 atom stereocenters. The van der Waals surface area contributed by atoms with Crippen molar-refractivity contribution in [3.05, 3.63) is 23.9 Å². The first-order valence-electron chi connectivity index (χ1n) is 5.41. The SMILES string of the molecule is Cc1cccc(NC(=O)[C@@H]2CCS(=O)(=O)C2)n1. The molecule has 1 aromatic heterocycles. The number of carbonyl (C=O) groups is 1. The van der Waals surface area contributed by atoms with Crippen molar-refractivity contribution < 1.29 is 13.2 Å². The number of nitrogens with zero attached hydrogens (tertiary/aromatic N) is 1. The molecule has 0 aliphatic carbocycles. The second kappa shape index (κ2) is 4.44. The van der Waals surface area contributed by atoms with E-state index in [1.54, 1.807) is 12.1 Å². The maximum Gasteiger partial charge on any atom is 0.229 e. The van der Waals surface area contributed by atoms with Gasteiger partial charge in [-0.3, -0.25) is 4.79 Å². The molecule has 6 heteroatoms. The largest absolute Gasteiger partial charge is 0.310 e. The van der Waals surface area contributed by atoms with E-state index in [-0.39, 0.29) is 17.4 Å². The minimum Gasteiger partial charge on any atom is -0.310 e. The van der Waals surface area contributed by atoms with Crippen LogP contribution in [0.4, 0.5) is 5.82 Å². The highest BCUT2D eigenvalue weighted by Crippen LogP contribution is 2.19. The molecule has 17 heavy (non-hydrogen) atoms. The number of amides is 1. The maximum absolute atomic E-state index is 11.8. The Morgan fingerprint density at radius 1 is 1.47 bits per heavy atom. The molecule has 0 aromatic carbocycles. The van der Waals surface area contributed by atoms with Gasteiger partial charge in [0.2, 0.25) is 5.91 Å². The number of hydrogen-bond donors (Lipinski definition) is 1. The standard InChI is InChI=1S/C11H14N2O3S/c1-8-3-2-4-10(12-8)13-11(14)9-5-6-17(15,16)7-9/h2-4,9H,5-7H2,1H3,(H,12,13,14)/t9-/m1/s1. The molecule has 1 aromatic rings. The van der Waals surface area contributed by atoms with Gasteiger partial charge in [0.25, 0.3) is 0 Å². The van der Waals surface area contributed by atoms with Crippen molar-refractivity contribution in [3.63, 3.8) is 0 Å². The first-order chi connectivity index (χ1) is 7.96. The average molecular weight is 254 g/mol. The Hall–Kier alpha value is -1.43. The van der Waals surface area contributed by atoms with Gasteiger partial charge in [-0.05, 0) is 25.5 Å². The molecule has 0 radical (unpaired) electrons. The van der Waals surface area contributed by atoms with Crippen LogP contribution in [0.1, 0.15) is 12.1 Å². The van der Waals surface area contributed by atoms with E-state index in [9.17, 15) is 13.2 Å². The van der Waals surface area contributed by atoms with Crippen molar-refractivity contribution in [3.8, 4) is 0 Å². The molecular weight excluding hydrogens is 240 g/mol. The maximum atomic E-state index is 11.8. The zero-order valence-electron chi connectivity index (χ0n) is 9.51. The minimum absolute atomic E-state index is 0.0509. The van der Waals surface area contributed by atoms with Crippen LogP contribution in [0.2, 0.25) is 0 Å². The lowest BCUT2D eigenvalue weighted by molar-refractivity contribution is -0.119. The predicted molar refractivity (Wildman–Crippen MR) is 64.4 cm³/mol. The molecule has 1 amide bonds. The van der Waals surface area contributed by atoms with Crippen molar-refractivity contribution in [1.29, 1.82) is 0 Å². The van der Waals surface area contributed by atoms with Gasteiger partial charge >= 0.3 is 0 Å². The number of rotatable bonds is 2. The number of nitrogens with one attached hydrogen (secondary N) is 1. The van der Waals surface area contributed by atoms with Crippen LogP contribution in [0.25, 0.3) is 0 Å². The summed E-state index contributed by atoms with van der Waals surface area (Å²) < 4.78 is 22.5. The second-order valence-corrected chi connectivity index (χ2v) is 6.48. The van der Waals surface area contributed by atoms with Gasteiger partial charge in [0.15, 0.2) is 9.84 Å². The molecule has 2 rings (SSSR count). The smallest absolute Gasteiger partial charge is 0.229 e. The van der Waals surface area contributed by atoms with Gasteiger partial charge in [-0.1, -0.05) is 6.07 Å². The Kier molecular flexibility index (Phi) is 3.15. The van der Waals surface area contributed by atoms with Crippen molar-refractivity contribution in [1.82, 2.24) is 4.98 Å². The molecule has 0 saturated carbocycles. The summed E-state index contributed by atoms with van der Waals surface area (Å²) in [5.41, 5.74) is 0.807. The molecule has 0 unspecified atom stereocenters. The zero-order chi connectivity index (χ0) is 12.5. The Morgan fingerprint density at radius 3 is 2.82 bits per heavy atom. The molecule has 1 aliphatic rings. The van der Waals surface area contributed by atoms with Crippen molar-refractivity contribution >= 4 is 21.6 Å². The first kappa shape index (κ1) is 12.0. The Bertz CT molecular complexity index is 539. The van der Waals surface area contributed by atoms with Crippen LogP contribution in [0.15, 0.2) is 18.2 Å². The summed E-state index contributed by atoms with van der Waals surface area (Å²) in [4.78, 5) is 15.9. The third-order valence-corrected chi connectivity index (χ3v) is 4.51. The van der Waals surface area contributed by atoms with Gasteiger partial charge in [-0.2, -0.15) is 0 Å². The third kappa shape index (κ3) is 3.03. The summed E-state index contributed by atoms with van der Waals surface area (Å²) in [6.07, 6.45) is 0.403. The molecule has 1 fully saturated rings. The lowest BCUT2D eigenvalue weighted by atomic mass is 10.1. The average Bonchev–Trinajstić information content (AvgIpc) is 2.59. The van der Waals surface area contributed by atoms with Crippen LogP contribution in [0.3, 0.4) is 0 Å². The Labute approximate surface area is 100 Å². The molecule has 1 aliphatic heterocycles. The number of carbonyl (C=O) groups excluding carboxylic acids is 1. The summed E-state index contributed by atoms with van der Waals surface area (Å²) in [6.45, 7) is 1.83. The van der Waals surface area contributed by atoms with Gasteiger partial charge in [0, 0.05) is 5.69 Å². The fourth-order valence-electron chi connectivity index (χ4n) is 1.84. The summed E-state index contributed by atoms with van der Waals surface area (Å²) in [5.74, 6) is -0.178. The van der Waals surface area contributed by atoms with E-state index in [0.29, 0.717) is 12.2 Å². The van der Waals surface area contributed by atoms with Crippen LogP contribution in [-0.4, -0.2) is 30.8 Å². The fraction of sp³-hybridized carbons (Fsp3) is 0.455. The summed E-state index contributed by atoms with van der Waals surface area (Å²) in [5, 5.41) is 2.65. The number of sulfone groups is 1. The fourth-order valence-corrected chi connectivity index (χ4v) is 3.58. The predicted octanol–water partition coefficient (Wildman–Crippen LogP) is 0.763. The third-order valence-electron chi connectivity index (χ3n) is 2.74. The van der Waals surface area contributed by atoms with Crippen molar-refractivity contribution in [2.75, 3.05) is 16.8 Å². The van der Waals surface area contributed by atoms with Gasteiger partial charge in [0.05, 0.1) is 17.4 Å². The van der Waals surface area contributed by atoms with E-state index in [0.717, 1.165) is 5.69 Å². The quantitative estimate of drug-likeness (QED) is 0.845. The molecule has 92 valence electrons. The lowest BCUT2D eigenvalue weighted by Gasteiger charge is -2.08. The number of pyridine rings is 1. The van der Waals surface area contributed by atoms with Gasteiger partial charge in [-0.25, -0.2) is 13.4 Å². The molecule has 1 saturated heterocycles. The number of anilines is 1. The number of aromatic nitrogens is 1. The van der Waals surface area contributed by atoms with Crippen LogP contribution >= 0.6 is 0 Å². The van der Waals surface area contributed by atoms with Gasteiger partial charge in [-0.15, -0.1) is 0 Å². The molecular formula is C11H14N2O3S. The van der Waals surface area contributed by atoms with E-state index in [1.165, 1.54) is 0 Å². The van der Waals surface area contributed by atoms with Crippen LogP contribution < -0.4 is 5.32 Å². The van der Waals surface area contributed by atoms with Gasteiger partial charge in [0.1, 0.15) is 5.82 Å². The van der Waals surface area contributed by atoms with E-state index in [4.69, 9.17) is 0 Å². The number of hydrogen-bond acceptors (Lipinski definition) is 4. The van der Waals surface area contributed by atoms with Crippen molar-refractivity contribution in [2.45, 2.75) is 13.3 Å². The Balaban J connectivity index is 2.03. The van der Waals surface area contributed by atoms with Crippen molar-refractivity contribution in [2.24, 2.45) is 5.92 Å². The highest BCUT2D eigenvalue weighted by Gasteiger charge is 2.32. The highest BCUT2D eigenvalue weighted by atomic mass is 32.2. The summed E-state index contributed by atoms with van der Waals surface area (Å²) in [6, 6.07) is 5.31. The molecule has 0 bridgehead atoms. The minimum atomic E-state index is -3.02. The van der Waals surface area contributed by atoms with E-state index >= 15 is 0 Å². The van der Waals surface area contributed by atoms with Gasteiger partial charge < -0.3 is 5.32 Å². The van der Waals surface area contributed by atoms with E-state index < -0.39 is 15.8 Å². The molecule has 2 heterocycles. The Morgan fingerprint density at radius 2 is 2.24 bits per heavy atom. The number of aryl methyl sites for hydroxylation is 1. The normalized spacial score (nSPS) is 22.3. The van der Waals surface area contributed by atoms with Crippen LogP contribution in [-0.2, 0) is 14.6 Å². The first-order valence-corrected chi connectivity index (χ1v) is 7.23. The summed E-state index contributed by atoms with van der Waals surface area (Å²) >= 11 is 0. The van der Waals surface area contributed by atoms with Crippen LogP contribution in [0, 0.1) is 12.8 Å².